The fourth-order valence-corrected chi connectivity index (χ4v) is 9.24. The molecular weight excluding hydrogens is 456 g/mol. The quantitative estimate of drug-likeness (QED) is 0.506. The Morgan fingerprint density at radius 1 is 1.06 bits per heavy atom. The van der Waals surface area contributed by atoms with E-state index in [2.05, 4.69) is 19.9 Å². The lowest BCUT2D eigenvalue weighted by atomic mass is 9.39. The van der Waals surface area contributed by atoms with Gasteiger partial charge in [0.05, 0.1) is 23.2 Å². The first-order valence-corrected chi connectivity index (χ1v) is 13.5. The molecule has 0 aromatic carbocycles. The molecule has 6 nitrogen and oxygen atoms in total. The third-order valence-corrected chi connectivity index (χ3v) is 11.6. The fraction of sp³-hybridized carbons (Fsp3) is 0.767. The molecule has 1 unspecified atom stereocenters. The Morgan fingerprint density at radius 3 is 2.31 bits per heavy atom. The topological polar surface area (TPSA) is 101 Å². The van der Waals surface area contributed by atoms with E-state index in [9.17, 15) is 24.6 Å². The highest BCUT2D eigenvalue weighted by molar-refractivity contribution is 6.02. The highest BCUT2D eigenvalue weighted by Gasteiger charge is 2.73. The molecule has 1 aliphatic heterocycles. The number of carbonyl (C=O) groups excluding carboxylic acids is 3. The van der Waals surface area contributed by atoms with Gasteiger partial charge in [-0.25, -0.2) is 0 Å². The lowest BCUT2D eigenvalue weighted by molar-refractivity contribution is -0.167. The number of hydrogen-bond donors (Lipinski definition) is 2. The van der Waals surface area contributed by atoms with E-state index in [1.165, 1.54) is 0 Å². The first-order chi connectivity index (χ1) is 16.4. The van der Waals surface area contributed by atoms with Crippen LogP contribution in [0, 0.1) is 45.3 Å². The number of aliphatic hydroxyl groups excluding tert-OH is 1. The van der Waals surface area contributed by atoms with Gasteiger partial charge in [-0.05, 0) is 63.4 Å². The number of fused-ring (bicyclic) bond motifs is 7. The van der Waals surface area contributed by atoms with E-state index in [-0.39, 0.29) is 64.7 Å². The fourth-order valence-electron chi connectivity index (χ4n) is 9.24. The van der Waals surface area contributed by atoms with Gasteiger partial charge in [-0.3, -0.25) is 14.4 Å². The normalized spacial score (nSPS) is 48.2. The third kappa shape index (κ3) is 3.00. The molecule has 2 saturated carbocycles. The molecular formula is C30H42O6. The molecule has 0 spiro atoms. The number of aliphatic hydroxyl groups is 2. The zero-order valence-corrected chi connectivity index (χ0v) is 23.0. The summed E-state index contributed by atoms with van der Waals surface area (Å²) in [6, 6.07) is 0. The van der Waals surface area contributed by atoms with Crippen LogP contribution in [0.4, 0.5) is 0 Å². The van der Waals surface area contributed by atoms with Gasteiger partial charge in [0, 0.05) is 36.0 Å². The smallest absolute Gasteiger partial charge is 0.206 e. The second-order valence-electron chi connectivity index (χ2n) is 14.2. The average Bonchev–Trinajstić information content (AvgIpc) is 2.88. The zero-order valence-electron chi connectivity index (χ0n) is 23.0. The molecule has 1 saturated heterocycles. The number of carbonyl (C=O) groups is 3. The molecule has 0 radical (unpaired) electrons. The average molecular weight is 499 g/mol. The Hall–Kier alpha value is -1.79. The number of ether oxygens (including phenoxy) is 1. The molecule has 5 rings (SSSR count). The predicted molar refractivity (Wildman–Crippen MR) is 135 cm³/mol. The minimum atomic E-state index is -1.14. The van der Waals surface area contributed by atoms with Crippen LogP contribution < -0.4 is 0 Å². The van der Waals surface area contributed by atoms with Crippen LogP contribution in [0.15, 0.2) is 23.5 Å². The van der Waals surface area contributed by atoms with Gasteiger partial charge in [-0.1, -0.05) is 39.3 Å². The maximum Gasteiger partial charge on any atom is 0.206 e. The molecule has 3 fully saturated rings. The number of Topliss-reactive ketones (excluding diaryl/α,β-unsaturated/α-hetero) is 3. The van der Waals surface area contributed by atoms with Gasteiger partial charge < -0.3 is 14.9 Å². The number of rotatable bonds is 1. The van der Waals surface area contributed by atoms with E-state index < -0.39 is 27.9 Å². The molecule has 6 heteroatoms. The van der Waals surface area contributed by atoms with Crippen LogP contribution in [0.5, 0.6) is 0 Å². The van der Waals surface area contributed by atoms with Crippen LogP contribution in [-0.2, 0) is 19.1 Å². The van der Waals surface area contributed by atoms with Crippen molar-refractivity contribution in [2.24, 2.45) is 45.3 Å². The number of hydrogen-bond acceptors (Lipinski definition) is 6. The molecule has 0 aromatic rings. The lowest BCUT2D eigenvalue weighted by Gasteiger charge is -2.63. The highest BCUT2D eigenvalue weighted by atomic mass is 16.5. The van der Waals surface area contributed by atoms with E-state index in [1.807, 2.05) is 27.7 Å². The van der Waals surface area contributed by atoms with Gasteiger partial charge in [0.1, 0.15) is 11.6 Å². The summed E-state index contributed by atoms with van der Waals surface area (Å²) in [5, 5.41) is 21.4. The maximum atomic E-state index is 14.3. The Labute approximate surface area is 214 Å². The molecule has 5 aliphatic rings. The van der Waals surface area contributed by atoms with Crippen molar-refractivity contribution in [3.05, 3.63) is 23.5 Å². The van der Waals surface area contributed by atoms with E-state index in [0.717, 1.165) is 5.57 Å². The Bertz CT molecular complexity index is 1110. The Morgan fingerprint density at radius 2 is 1.69 bits per heavy atom. The monoisotopic (exact) mass is 498 g/mol. The summed E-state index contributed by atoms with van der Waals surface area (Å²) in [5.74, 6) is -1.07. The van der Waals surface area contributed by atoms with Crippen molar-refractivity contribution >= 4 is 17.3 Å². The summed E-state index contributed by atoms with van der Waals surface area (Å²) in [6.07, 6.45) is 4.84. The lowest BCUT2D eigenvalue weighted by Crippen LogP contribution is -2.62. The van der Waals surface area contributed by atoms with Crippen LogP contribution in [0.25, 0.3) is 0 Å². The minimum Gasteiger partial charge on any atom is -0.505 e. The van der Waals surface area contributed by atoms with E-state index in [0.29, 0.717) is 19.3 Å². The Kier molecular flexibility index (Phi) is 5.32. The van der Waals surface area contributed by atoms with Crippen LogP contribution in [-0.4, -0.2) is 45.4 Å². The molecule has 198 valence electrons. The van der Waals surface area contributed by atoms with Crippen LogP contribution in [0.3, 0.4) is 0 Å². The molecule has 4 aliphatic carbocycles. The molecule has 0 bridgehead atoms. The van der Waals surface area contributed by atoms with Gasteiger partial charge in [-0.15, -0.1) is 0 Å². The molecule has 36 heavy (non-hydrogen) atoms. The summed E-state index contributed by atoms with van der Waals surface area (Å²) < 4.78 is 6.59. The van der Waals surface area contributed by atoms with Crippen molar-refractivity contribution in [3.63, 3.8) is 0 Å². The summed E-state index contributed by atoms with van der Waals surface area (Å²) in [4.78, 5) is 40.4. The summed E-state index contributed by atoms with van der Waals surface area (Å²) in [7, 11) is 0. The van der Waals surface area contributed by atoms with Crippen LogP contribution in [0.1, 0.15) is 81.1 Å². The standard InChI is InChI=1S/C30H42O6/c1-15-18(31)12-23(27(4,5)35)36-20-13-28(6)21-10-9-16-17(11-19(32)25(34)26(16,2)3)30(21,8)22(33)14-29(28,7)24(15)20/h9,11,15,17,20-21,23-24,32,35H,10,12-14H2,1-8H3/t15-,17-,20-,21+,23+,24?,28+,29-,30+/m1/s1. The van der Waals surface area contributed by atoms with E-state index >= 15 is 0 Å². The van der Waals surface area contributed by atoms with Crippen molar-refractivity contribution < 1.29 is 29.3 Å². The van der Waals surface area contributed by atoms with Gasteiger partial charge >= 0.3 is 0 Å². The van der Waals surface area contributed by atoms with Crippen LogP contribution >= 0.6 is 0 Å². The van der Waals surface area contributed by atoms with Crippen molar-refractivity contribution in [3.8, 4) is 0 Å². The molecule has 0 amide bonds. The van der Waals surface area contributed by atoms with Crippen LogP contribution in [0.2, 0.25) is 0 Å². The van der Waals surface area contributed by atoms with Gasteiger partial charge in [0.25, 0.3) is 0 Å². The summed E-state index contributed by atoms with van der Waals surface area (Å²) >= 11 is 0. The zero-order chi connectivity index (χ0) is 26.8. The molecule has 0 aromatic heterocycles. The third-order valence-electron chi connectivity index (χ3n) is 11.6. The van der Waals surface area contributed by atoms with Gasteiger partial charge in [-0.2, -0.15) is 0 Å². The first kappa shape index (κ1) is 25.8. The largest absolute Gasteiger partial charge is 0.505 e. The number of ketones is 3. The molecule has 2 N–H and O–H groups in total. The first-order valence-electron chi connectivity index (χ1n) is 13.5. The second-order valence-corrected chi connectivity index (χ2v) is 14.2. The highest BCUT2D eigenvalue weighted by Crippen LogP contribution is 2.74. The van der Waals surface area contributed by atoms with Crippen molar-refractivity contribution in [1.82, 2.24) is 0 Å². The van der Waals surface area contributed by atoms with Crippen molar-refractivity contribution in [2.75, 3.05) is 0 Å². The van der Waals surface area contributed by atoms with Crippen molar-refractivity contribution in [1.29, 1.82) is 0 Å². The maximum absolute atomic E-state index is 14.3. The molecule has 9 atom stereocenters. The number of allylic oxidation sites excluding steroid dienone is 4. The Balaban J connectivity index is 1.64. The summed E-state index contributed by atoms with van der Waals surface area (Å²) in [6.45, 7) is 15.5. The van der Waals surface area contributed by atoms with Crippen molar-refractivity contribution in [2.45, 2.75) is 98.9 Å². The van der Waals surface area contributed by atoms with Gasteiger partial charge in [0.15, 0.2) is 5.76 Å². The van der Waals surface area contributed by atoms with Gasteiger partial charge in [0.2, 0.25) is 5.78 Å². The summed E-state index contributed by atoms with van der Waals surface area (Å²) in [5.41, 5.74) is -2.59. The SMILES string of the molecule is C[C@@H]1C(=O)C[C@@H](C(C)(C)O)O[C@@H]2C[C@@]3(C)[C@@H]4CC=C5[C@@H](C=C(O)C(=O)C5(C)C)[C@]4(C)C(=O)C[C@]3(C)C12. The minimum absolute atomic E-state index is 0.0310. The predicted octanol–water partition coefficient (Wildman–Crippen LogP) is 4.74. The van der Waals surface area contributed by atoms with E-state index in [4.69, 9.17) is 4.74 Å². The molecule has 1 heterocycles. The second kappa shape index (κ2) is 7.41. The van der Waals surface area contributed by atoms with E-state index in [1.54, 1.807) is 19.9 Å².